The summed E-state index contributed by atoms with van der Waals surface area (Å²) < 4.78 is 0. The van der Waals surface area contributed by atoms with Crippen LogP contribution in [-0.2, 0) is 14.4 Å². The molecule has 2 aromatic carbocycles. The molecule has 0 radical (unpaired) electrons. The lowest BCUT2D eigenvalue weighted by molar-refractivity contribution is -0.139. The van der Waals surface area contributed by atoms with E-state index in [0.717, 1.165) is 0 Å². The van der Waals surface area contributed by atoms with E-state index in [2.05, 4.69) is 21.3 Å². The molecule has 0 bridgehead atoms. The van der Waals surface area contributed by atoms with Gasteiger partial charge in [0.25, 0.3) is 5.91 Å². The van der Waals surface area contributed by atoms with E-state index in [4.69, 9.17) is 0 Å². The van der Waals surface area contributed by atoms with Crippen molar-refractivity contribution in [2.24, 2.45) is 5.92 Å². The molecule has 0 spiro atoms. The first-order chi connectivity index (χ1) is 17.2. The maximum atomic E-state index is 13.2. The normalized spacial score (nSPS) is 13.3. The number of carbonyl (C=O) groups is 4. The van der Waals surface area contributed by atoms with Gasteiger partial charge in [-0.05, 0) is 56.4 Å². The molecule has 3 amide bonds. The first-order valence-corrected chi connectivity index (χ1v) is 12.2. The van der Waals surface area contributed by atoms with E-state index >= 15 is 0 Å². The average Bonchev–Trinajstić information content (AvgIpc) is 2.85. The van der Waals surface area contributed by atoms with Gasteiger partial charge in [-0.25, -0.2) is 0 Å². The Morgan fingerprint density at radius 1 is 0.833 bits per heavy atom. The highest BCUT2D eigenvalue weighted by Gasteiger charge is 2.28. The summed E-state index contributed by atoms with van der Waals surface area (Å²) in [6, 6.07) is 15.1. The molecule has 0 aliphatic carbocycles. The van der Waals surface area contributed by atoms with Crippen LogP contribution in [-0.4, -0.2) is 53.5 Å². The fourth-order valence-corrected chi connectivity index (χ4v) is 3.59. The molecule has 0 fully saturated rings. The third-order valence-corrected chi connectivity index (χ3v) is 5.51. The molecule has 3 atom stereocenters. The lowest BCUT2D eigenvalue weighted by Gasteiger charge is -2.25. The molecule has 9 nitrogen and oxygen atoms in total. The van der Waals surface area contributed by atoms with Gasteiger partial charge in [-0.2, -0.15) is 0 Å². The highest BCUT2D eigenvalue weighted by molar-refractivity contribution is 5.98. The van der Waals surface area contributed by atoms with Crippen LogP contribution >= 0.6 is 0 Å². The van der Waals surface area contributed by atoms with Crippen LogP contribution < -0.4 is 21.3 Å². The lowest BCUT2D eigenvalue weighted by atomic mass is 10.0. The first-order valence-electron chi connectivity index (χ1n) is 12.2. The van der Waals surface area contributed by atoms with Crippen molar-refractivity contribution in [2.75, 3.05) is 11.9 Å². The van der Waals surface area contributed by atoms with Gasteiger partial charge in [0.15, 0.2) is 0 Å². The number of hydrogen-bond donors (Lipinski definition) is 5. The third-order valence-electron chi connectivity index (χ3n) is 5.51. The summed E-state index contributed by atoms with van der Waals surface area (Å²) in [4.78, 5) is 49.7. The van der Waals surface area contributed by atoms with E-state index in [-0.39, 0.29) is 24.2 Å². The first kappa shape index (κ1) is 28.5. The molecule has 0 saturated heterocycles. The van der Waals surface area contributed by atoms with Gasteiger partial charge in [-0.1, -0.05) is 50.2 Å². The van der Waals surface area contributed by atoms with Gasteiger partial charge in [-0.15, -0.1) is 0 Å². The summed E-state index contributed by atoms with van der Waals surface area (Å²) in [5, 5.41) is 20.6. The Bertz CT molecular complexity index is 998. The topological polar surface area (TPSA) is 137 Å². The van der Waals surface area contributed by atoms with Gasteiger partial charge >= 0.3 is 5.97 Å². The Balaban J connectivity index is 2.02. The van der Waals surface area contributed by atoms with Crippen molar-refractivity contribution in [2.45, 2.75) is 58.2 Å². The average molecular weight is 497 g/mol. The number of carboxylic acids is 1. The van der Waals surface area contributed by atoms with Gasteiger partial charge in [0.2, 0.25) is 11.8 Å². The molecular weight excluding hydrogens is 460 g/mol. The number of carboxylic acid groups (broad SMARTS) is 1. The Kier molecular flexibility index (Phi) is 11.6. The molecule has 36 heavy (non-hydrogen) atoms. The van der Waals surface area contributed by atoms with Crippen molar-refractivity contribution >= 4 is 29.4 Å². The van der Waals surface area contributed by atoms with E-state index in [9.17, 15) is 24.3 Å². The number of nitrogens with one attached hydrogen (secondary N) is 4. The Morgan fingerprint density at radius 2 is 1.44 bits per heavy atom. The zero-order valence-corrected chi connectivity index (χ0v) is 21.0. The van der Waals surface area contributed by atoms with Crippen molar-refractivity contribution in [1.29, 1.82) is 0 Å². The minimum absolute atomic E-state index is 0.134. The Hall–Kier alpha value is -3.72. The molecule has 2 aromatic rings. The summed E-state index contributed by atoms with van der Waals surface area (Å²) in [6.45, 7) is 5.66. The Labute approximate surface area is 212 Å². The van der Waals surface area contributed by atoms with Gasteiger partial charge in [0.1, 0.15) is 12.1 Å². The van der Waals surface area contributed by atoms with E-state index in [1.807, 2.05) is 26.0 Å². The minimum atomic E-state index is -1.09. The van der Waals surface area contributed by atoms with Gasteiger partial charge in [0, 0.05) is 17.8 Å². The number of hydrogen-bond acceptors (Lipinski definition) is 5. The number of amides is 3. The second-order valence-electron chi connectivity index (χ2n) is 9.09. The largest absolute Gasteiger partial charge is 0.480 e. The maximum absolute atomic E-state index is 13.2. The highest BCUT2D eigenvalue weighted by Crippen LogP contribution is 2.11. The van der Waals surface area contributed by atoms with Crippen molar-refractivity contribution < 1.29 is 24.3 Å². The van der Waals surface area contributed by atoms with Crippen LogP contribution in [0.2, 0.25) is 0 Å². The monoisotopic (exact) mass is 496 g/mol. The van der Waals surface area contributed by atoms with Crippen molar-refractivity contribution in [3.63, 3.8) is 0 Å². The summed E-state index contributed by atoms with van der Waals surface area (Å²) in [6.07, 6.45) is 1.12. The van der Waals surface area contributed by atoms with E-state index < -0.39 is 30.0 Å². The summed E-state index contributed by atoms with van der Waals surface area (Å²) in [5.41, 5.74) is 1.15. The van der Waals surface area contributed by atoms with Crippen LogP contribution in [0, 0.1) is 5.92 Å². The second-order valence-corrected chi connectivity index (χ2v) is 9.09. The number of para-hydroxylation sites is 1. The zero-order valence-electron chi connectivity index (χ0n) is 21.0. The maximum Gasteiger partial charge on any atom is 0.320 e. The Morgan fingerprint density at radius 3 is 2.03 bits per heavy atom. The molecule has 0 heterocycles. The van der Waals surface area contributed by atoms with Crippen LogP contribution in [0.15, 0.2) is 60.7 Å². The van der Waals surface area contributed by atoms with Crippen LogP contribution in [0.1, 0.15) is 50.4 Å². The van der Waals surface area contributed by atoms with E-state index in [0.29, 0.717) is 30.6 Å². The van der Waals surface area contributed by atoms with Crippen LogP contribution in [0.3, 0.4) is 0 Å². The highest BCUT2D eigenvalue weighted by atomic mass is 16.4. The standard InChI is InChI=1S/C27H36N4O5/c1-18(2)17-23(26(34)30-21-13-8-5-9-14-21)31-25(33)22(29-19(3)27(35)36)15-10-16-28-24(32)20-11-6-4-7-12-20/h4-9,11-14,18-19,22-23,29H,10,15-17H2,1-3H3,(H,28,32)(H,30,34)(H,31,33)(H,35,36)/t19-,22+,23+/m1/s1. The molecule has 194 valence electrons. The number of anilines is 1. The van der Waals surface area contributed by atoms with Crippen molar-refractivity contribution in [3.05, 3.63) is 66.2 Å². The van der Waals surface area contributed by atoms with Crippen LogP contribution in [0.25, 0.3) is 0 Å². The fraction of sp³-hybridized carbons (Fsp3) is 0.407. The zero-order chi connectivity index (χ0) is 26.5. The smallest absolute Gasteiger partial charge is 0.320 e. The number of aliphatic carboxylic acids is 1. The third kappa shape index (κ3) is 9.87. The minimum Gasteiger partial charge on any atom is -0.480 e. The molecule has 0 aliphatic rings. The van der Waals surface area contributed by atoms with E-state index in [1.54, 1.807) is 48.5 Å². The fourth-order valence-electron chi connectivity index (χ4n) is 3.59. The predicted octanol–water partition coefficient (Wildman–Crippen LogP) is 2.80. The summed E-state index contributed by atoms with van der Waals surface area (Å²) in [7, 11) is 0. The number of carbonyl (C=O) groups excluding carboxylic acids is 3. The molecule has 5 N–H and O–H groups in total. The van der Waals surface area contributed by atoms with Crippen molar-refractivity contribution in [1.82, 2.24) is 16.0 Å². The molecule has 0 unspecified atom stereocenters. The molecule has 0 aromatic heterocycles. The molecule has 9 heteroatoms. The molecule has 0 saturated carbocycles. The summed E-state index contributed by atoms with van der Waals surface area (Å²) in [5.74, 6) is -1.99. The second kappa shape index (κ2) is 14.6. The number of benzene rings is 2. The van der Waals surface area contributed by atoms with Crippen LogP contribution in [0.4, 0.5) is 5.69 Å². The van der Waals surface area contributed by atoms with E-state index in [1.165, 1.54) is 6.92 Å². The predicted molar refractivity (Wildman–Crippen MR) is 138 cm³/mol. The molecular formula is C27H36N4O5. The molecule has 2 rings (SSSR count). The van der Waals surface area contributed by atoms with Gasteiger partial charge in [0.05, 0.1) is 6.04 Å². The number of rotatable bonds is 14. The SMILES string of the molecule is CC(C)C[C@H](NC(=O)[C@H](CCCNC(=O)c1ccccc1)N[C@H](C)C(=O)O)C(=O)Nc1ccccc1. The lowest BCUT2D eigenvalue weighted by Crippen LogP contribution is -2.54. The van der Waals surface area contributed by atoms with Gasteiger partial charge < -0.3 is 21.1 Å². The van der Waals surface area contributed by atoms with Crippen LogP contribution in [0.5, 0.6) is 0 Å². The molecule has 0 aliphatic heterocycles. The quantitative estimate of drug-likeness (QED) is 0.255. The summed E-state index contributed by atoms with van der Waals surface area (Å²) >= 11 is 0. The van der Waals surface area contributed by atoms with Crippen molar-refractivity contribution in [3.8, 4) is 0 Å². The van der Waals surface area contributed by atoms with Gasteiger partial charge in [-0.3, -0.25) is 24.5 Å².